The van der Waals surface area contributed by atoms with Crippen molar-refractivity contribution in [3.8, 4) is 0 Å². The van der Waals surface area contributed by atoms with E-state index >= 15 is 0 Å². The quantitative estimate of drug-likeness (QED) is 0.345. The van der Waals surface area contributed by atoms with Crippen molar-refractivity contribution < 1.29 is 0 Å². The summed E-state index contributed by atoms with van der Waals surface area (Å²) < 4.78 is 0. The molecule has 2 N–H and O–H groups in total. The summed E-state index contributed by atoms with van der Waals surface area (Å²) in [5.74, 6) is 1.92. The molecule has 0 bridgehead atoms. The van der Waals surface area contributed by atoms with Gasteiger partial charge in [0, 0.05) is 19.1 Å². The van der Waals surface area contributed by atoms with Gasteiger partial charge in [0.15, 0.2) is 5.96 Å². The van der Waals surface area contributed by atoms with Crippen molar-refractivity contribution in [1.82, 2.24) is 10.6 Å². The third kappa shape index (κ3) is 8.16. The monoisotopic (exact) mass is 367 g/mol. The Balaban J connectivity index is 0.00000289. The van der Waals surface area contributed by atoms with Gasteiger partial charge < -0.3 is 10.6 Å². The topological polar surface area (TPSA) is 36.4 Å². The van der Waals surface area contributed by atoms with Crippen LogP contribution in [0.5, 0.6) is 0 Å². The van der Waals surface area contributed by atoms with Crippen molar-refractivity contribution in [3.05, 3.63) is 0 Å². The van der Waals surface area contributed by atoms with Crippen LogP contribution in [-0.2, 0) is 0 Å². The number of halogens is 1. The zero-order valence-corrected chi connectivity index (χ0v) is 14.7. The largest absolute Gasteiger partial charge is 0.356 e. The second-order valence-corrected chi connectivity index (χ2v) is 6.17. The van der Waals surface area contributed by atoms with Crippen molar-refractivity contribution in [3.63, 3.8) is 0 Å². The van der Waals surface area contributed by atoms with E-state index < -0.39 is 0 Å². The smallest absolute Gasteiger partial charge is 0.191 e. The molecule has 1 aliphatic carbocycles. The van der Waals surface area contributed by atoms with Crippen LogP contribution in [0.25, 0.3) is 0 Å². The van der Waals surface area contributed by atoms with Crippen LogP contribution in [0.3, 0.4) is 0 Å². The van der Waals surface area contributed by atoms with Crippen molar-refractivity contribution >= 4 is 29.9 Å². The highest BCUT2D eigenvalue weighted by atomic mass is 127. The predicted molar refractivity (Wildman–Crippen MR) is 90.9 cm³/mol. The highest BCUT2D eigenvalue weighted by molar-refractivity contribution is 14.0. The number of nitrogens with zero attached hydrogens (tertiary/aromatic N) is 1. The number of hydrogen-bond donors (Lipinski definition) is 2. The van der Waals surface area contributed by atoms with E-state index in [9.17, 15) is 0 Å². The maximum absolute atomic E-state index is 4.24. The number of hydrogen-bond acceptors (Lipinski definition) is 1. The Kier molecular flexibility index (Phi) is 8.99. The molecule has 0 aliphatic heterocycles. The van der Waals surface area contributed by atoms with Crippen molar-refractivity contribution in [2.45, 2.75) is 64.8 Å². The summed E-state index contributed by atoms with van der Waals surface area (Å²) in [4.78, 5) is 4.24. The lowest BCUT2D eigenvalue weighted by Crippen LogP contribution is -2.47. The predicted octanol–water partition coefficient (Wildman–Crippen LogP) is 3.54. The van der Waals surface area contributed by atoms with E-state index in [1.165, 1.54) is 38.5 Å². The molecule has 0 aromatic carbocycles. The van der Waals surface area contributed by atoms with E-state index in [1.54, 1.807) is 0 Å². The van der Waals surface area contributed by atoms with E-state index in [2.05, 4.69) is 36.4 Å². The molecule has 0 unspecified atom stereocenters. The van der Waals surface area contributed by atoms with Gasteiger partial charge in [0.1, 0.15) is 0 Å². The number of guanidine groups is 1. The maximum Gasteiger partial charge on any atom is 0.191 e. The fourth-order valence-electron chi connectivity index (χ4n) is 2.43. The van der Waals surface area contributed by atoms with Crippen molar-refractivity contribution in [2.24, 2.45) is 10.9 Å². The van der Waals surface area contributed by atoms with Crippen molar-refractivity contribution in [1.29, 1.82) is 0 Å². The first-order chi connectivity index (χ1) is 8.01. The summed E-state index contributed by atoms with van der Waals surface area (Å²) in [6.07, 6.45) is 8.44. The molecule has 0 spiro atoms. The highest BCUT2D eigenvalue weighted by Gasteiger charge is 2.14. The fraction of sp³-hybridized carbons (Fsp3) is 0.929. The van der Waals surface area contributed by atoms with Gasteiger partial charge >= 0.3 is 0 Å². The molecular weight excluding hydrogens is 337 g/mol. The van der Waals surface area contributed by atoms with Gasteiger partial charge in [-0.05, 0) is 39.5 Å². The van der Waals surface area contributed by atoms with Crippen LogP contribution >= 0.6 is 24.0 Å². The third-order valence-corrected chi connectivity index (χ3v) is 3.27. The lowest BCUT2D eigenvalue weighted by Gasteiger charge is -2.23. The molecule has 0 saturated heterocycles. The molecule has 0 aromatic heterocycles. The van der Waals surface area contributed by atoms with Gasteiger partial charge in [0.05, 0.1) is 0 Å². The second-order valence-electron chi connectivity index (χ2n) is 6.17. The Morgan fingerprint density at radius 1 is 1.22 bits per heavy atom. The van der Waals surface area contributed by atoms with E-state index in [0.717, 1.165) is 18.4 Å². The minimum atomic E-state index is 0. The van der Waals surface area contributed by atoms with Gasteiger partial charge in [-0.2, -0.15) is 0 Å². The minimum absolute atomic E-state index is 0. The molecule has 0 amide bonds. The van der Waals surface area contributed by atoms with Gasteiger partial charge in [-0.15, -0.1) is 24.0 Å². The Labute approximate surface area is 130 Å². The van der Waals surface area contributed by atoms with Gasteiger partial charge in [-0.3, -0.25) is 4.99 Å². The molecule has 1 fully saturated rings. The van der Waals surface area contributed by atoms with Crippen LogP contribution in [0.2, 0.25) is 0 Å². The van der Waals surface area contributed by atoms with Crippen LogP contribution < -0.4 is 10.6 Å². The fourth-order valence-corrected chi connectivity index (χ4v) is 2.43. The Morgan fingerprint density at radius 3 is 2.33 bits per heavy atom. The van der Waals surface area contributed by atoms with Crippen LogP contribution in [0.1, 0.15) is 59.3 Å². The second kappa shape index (κ2) is 8.99. The van der Waals surface area contributed by atoms with Crippen LogP contribution in [0, 0.1) is 5.92 Å². The highest BCUT2D eigenvalue weighted by Crippen LogP contribution is 2.28. The zero-order chi connectivity index (χ0) is 12.7. The Hall–Kier alpha value is 0. The summed E-state index contributed by atoms with van der Waals surface area (Å²) in [6, 6.07) is 0. The Bertz CT molecular complexity index is 240. The van der Waals surface area contributed by atoms with Crippen molar-refractivity contribution in [2.75, 3.05) is 13.6 Å². The number of aliphatic imine (C=N–C) groups is 1. The average Bonchev–Trinajstić information content (AvgIpc) is 2.73. The van der Waals surface area contributed by atoms with E-state index in [-0.39, 0.29) is 29.5 Å². The molecule has 0 radical (unpaired) electrons. The molecular formula is C14H30IN3. The summed E-state index contributed by atoms with van der Waals surface area (Å²) in [7, 11) is 1.83. The van der Waals surface area contributed by atoms with Crippen LogP contribution in [0.4, 0.5) is 0 Å². The van der Waals surface area contributed by atoms with E-state index in [1.807, 2.05) is 7.05 Å². The summed E-state index contributed by atoms with van der Waals surface area (Å²) in [5.41, 5.74) is 0.0767. The average molecular weight is 367 g/mol. The summed E-state index contributed by atoms with van der Waals surface area (Å²) >= 11 is 0. The summed E-state index contributed by atoms with van der Waals surface area (Å²) in [6.45, 7) is 7.49. The normalized spacial score (nSPS) is 17.4. The van der Waals surface area contributed by atoms with Gasteiger partial charge in [0.25, 0.3) is 0 Å². The van der Waals surface area contributed by atoms with Crippen LogP contribution in [-0.4, -0.2) is 25.1 Å². The molecule has 108 valence electrons. The molecule has 0 aromatic rings. The first-order valence-electron chi connectivity index (χ1n) is 7.00. The van der Waals surface area contributed by atoms with Gasteiger partial charge in [-0.1, -0.05) is 25.7 Å². The van der Waals surface area contributed by atoms with Crippen LogP contribution in [0.15, 0.2) is 4.99 Å². The molecule has 4 heteroatoms. The van der Waals surface area contributed by atoms with Gasteiger partial charge in [-0.25, -0.2) is 0 Å². The Morgan fingerprint density at radius 2 is 1.83 bits per heavy atom. The molecule has 0 atom stereocenters. The molecule has 1 aliphatic rings. The number of nitrogens with one attached hydrogen (secondary N) is 2. The molecule has 1 rings (SSSR count). The standard InChI is InChI=1S/C14H29N3.HI/c1-14(2,3)17-13(15-4)16-11-7-10-12-8-5-6-9-12;/h12H,5-11H2,1-4H3,(H2,15,16,17);1H. The minimum Gasteiger partial charge on any atom is -0.356 e. The van der Waals surface area contributed by atoms with Gasteiger partial charge in [0.2, 0.25) is 0 Å². The lowest BCUT2D eigenvalue weighted by atomic mass is 10.0. The van der Waals surface area contributed by atoms with E-state index in [0.29, 0.717) is 0 Å². The number of rotatable bonds is 4. The third-order valence-electron chi connectivity index (χ3n) is 3.27. The SMILES string of the molecule is CN=C(NCCCC1CCCC1)NC(C)(C)C.I. The molecule has 3 nitrogen and oxygen atoms in total. The zero-order valence-electron chi connectivity index (χ0n) is 12.4. The maximum atomic E-state index is 4.24. The lowest BCUT2D eigenvalue weighted by molar-refractivity contribution is 0.474. The first kappa shape index (κ1) is 18.0. The first-order valence-corrected chi connectivity index (χ1v) is 7.00. The molecule has 0 heterocycles. The van der Waals surface area contributed by atoms with E-state index in [4.69, 9.17) is 0 Å². The molecule has 18 heavy (non-hydrogen) atoms. The summed E-state index contributed by atoms with van der Waals surface area (Å²) in [5, 5.41) is 6.76. The molecule has 1 saturated carbocycles.